The number of rotatable bonds is 7. The van der Waals surface area contributed by atoms with Crippen molar-refractivity contribution in [1.29, 1.82) is 0 Å². The molecule has 4 aromatic rings. The van der Waals surface area contributed by atoms with E-state index in [1.54, 1.807) is 30.5 Å². The fraction of sp³-hybridized carbons (Fsp3) is 0.0909. The number of carbonyl (C=O) groups excluding carboxylic acids is 1. The maximum absolute atomic E-state index is 13.8. The van der Waals surface area contributed by atoms with E-state index in [0.717, 1.165) is 0 Å². The van der Waals surface area contributed by atoms with Gasteiger partial charge in [0, 0.05) is 11.8 Å². The first-order chi connectivity index (χ1) is 16.2. The Balaban J connectivity index is 1.39. The summed E-state index contributed by atoms with van der Waals surface area (Å²) in [5.41, 5.74) is 0.891. The highest BCUT2D eigenvalue weighted by molar-refractivity contribution is 6.55. The van der Waals surface area contributed by atoms with Crippen LogP contribution in [0, 0.1) is 5.82 Å². The highest BCUT2D eigenvalue weighted by Gasteiger charge is 2.21. The Morgan fingerprint density at radius 3 is 2.38 bits per heavy atom. The van der Waals surface area contributed by atoms with Crippen LogP contribution in [0.2, 0.25) is 25.1 Å². The van der Waals surface area contributed by atoms with E-state index in [1.165, 1.54) is 23.0 Å². The molecule has 0 aliphatic heterocycles. The number of carbonyl (C=O) groups is 1. The van der Waals surface area contributed by atoms with Gasteiger partial charge in [-0.3, -0.25) is 9.48 Å². The highest BCUT2D eigenvalue weighted by Crippen LogP contribution is 2.48. The van der Waals surface area contributed by atoms with Gasteiger partial charge < -0.3 is 14.5 Å². The molecule has 0 bridgehead atoms. The van der Waals surface area contributed by atoms with E-state index >= 15 is 0 Å². The molecule has 0 saturated carbocycles. The lowest BCUT2D eigenvalue weighted by atomic mass is 10.2. The predicted molar refractivity (Wildman–Crippen MR) is 130 cm³/mol. The molecule has 2 aromatic carbocycles. The van der Waals surface area contributed by atoms with E-state index in [9.17, 15) is 9.18 Å². The Morgan fingerprint density at radius 2 is 1.68 bits per heavy atom. The largest absolute Gasteiger partial charge is 0.482 e. The molecule has 1 N–H and O–H groups in total. The summed E-state index contributed by atoms with van der Waals surface area (Å²) in [5.74, 6) is -0.461. The number of halogens is 6. The molecule has 2 aromatic heterocycles. The normalized spacial score (nSPS) is 11.0. The number of hydrogen-bond acceptors (Lipinski definition) is 4. The number of furan rings is 1. The standard InChI is InChI=1S/C22H13Cl5FN3O3/c23-16-17(24)19(26)21(20(27)18(16)25)33-10-13-5-6-15(34-13)22(32)30-12-7-29-31(9-12)8-11-3-1-2-4-14(11)28/h1-7,9H,8,10H2,(H,30,32). The topological polar surface area (TPSA) is 69.3 Å². The molecule has 1 amide bonds. The zero-order valence-corrected chi connectivity index (χ0v) is 20.7. The van der Waals surface area contributed by atoms with Gasteiger partial charge in [0.1, 0.15) is 28.2 Å². The summed E-state index contributed by atoms with van der Waals surface area (Å²) in [6.45, 7) is 0.107. The van der Waals surface area contributed by atoms with Crippen LogP contribution >= 0.6 is 58.0 Å². The average Bonchev–Trinajstić information content (AvgIpc) is 3.47. The minimum atomic E-state index is -0.509. The molecule has 2 heterocycles. The quantitative estimate of drug-likeness (QED) is 0.184. The van der Waals surface area contributed by atoms with Crippen molar-refractivity contribution in [3.05, 3.63) is 96.8 Å². The van der Waals surface area contributed by atoms with E-state index in [-0.39, 0.29) is 55.6 Å². The second-order valence-electron chi connectivity index (χ2n) is 6.93. The first-order valence-electron chi connectivity index (χ1n) is 9.54. The van der Waals surface area contributed by atoms with Crippen LogP contribution in [0.25, 0.3) is 0 Å². The van der Waals surface area contributed by atoms with Crippen LogP contribution in [0.1, 0.15) is 21.9 Å². The second-order valence-corrected chi connectivity index (χ2v) is 8.82. The number of nitrogens with zero attached hydrogens (tertiary/aromatic N) is 2. The van der Waals surface area contributed by atoms with E-state index in [2.05, 4.69) is 10.4 Å². The monoisotopic (exact) mass is 561 g/mol. The number of nitrogens with one attached hydrogen (secondary N) is 1. The predicted octanol–water partition coefficient (Wildman–Crippen LogP) is 7.76. The number of anilines is 1. The molecule has 0 spiro atoms. The van der Waals surface area contributed by atoms with Crippen molar-refractivity contribution in [2.24, 2.45) is 0 Å². The third kappa shape index (κ3) is 5.29. The number of hydrogen-bond donors (Lipinski definition) is 1. The minimum absolute atomic E-state index is 0.00187. The minimum Gasteiger partial charge on any atom is -0.482 e. The summed E-state index contributed by atoms with van der Waals surface area (Å²) in [5, 5.41) is 6.81. The third-order valence-electron chi connectivity index (χ3n) is 4.60. The molecular weight excluding hydrogens is 551 g/mol. The third-order valence-corrected chi connectivity index (χ3v) is 6.84. The van der Waals surface area contributed by atoms with Crippen LogP contribution in [-0.2, 0) is 13.2 Å². The molecule has 0 saturated heterocycles. The fourth-order valence-electron chi connectivity index (χ4n) is 2.94. The number of ether oxygens (including phenoxy) is 1. The summed E-state index contributed by atoms with van der Waals surface area (Å²) in [7, 11) is 0. The van der Waals surface area contributed by atoms with E-state index in [0.29, 0.717) is 17.0 Å². The Labute approximate surface area is 218 Å². The molecule has 0 radical (unpaired) electrons. The van der Waals surface area contributed by atoms with Gasteiger partial charge in [0.05, 0.1) is 33.5 Å². The van der Waals surface area contributed by atoms with Gasteiger partial charge in [0.25, 0.3) is 5.91 Å². The van der Waals surface area contributed by atoms with Crippen LogP contribution in [0.15, 0.2) is 53.2 Å². The van der Waals surface area contributed by atoms with Crippen molar-refractivity contribution in [3.8, 4) is 5.75 Å². The Hall–Kier alpha value is -2.42. The van der Waals surface area contributed by atoms with Crippen LogP contribution in [0.5, 0.6) is 5.75 Å². The van der Waals surface area contributed by atoms with E-state index in [4.69, 9.17) is 67.2 Å². The van der Waals surface area contributed by atoms with Gasteiger partial charge in [-0.05, 0) is 18.2 Å². The molecule has 4 rings (SSSR count). The van der Waals surface area contributed by atoms with E-state index in [1.807, 2.05) is 0 Å². The second kappa shape index (κ2) is 10.5. The van der Waals surface area contributed by atoms with Crippen LogP contribution < -0.4 is 10.1 Å². The van der Waals surface area contributed by atoms with E-state index < -0.39 is 5.91 Å². The van der Waals surface area contributed by atoms with Gasteiger partial charge >= 0.3 is 0 Å². The van der Waals surface area contributed by atoms with Crippen molar-refractivity contribution in [2.45, 2.75) is 13.2 Å². The van der Waals surface area contributed by atoms with Gasteiger partial charge in [-0.1, -0.05) is 76.2 Å². The molecule has 12 heteroatoms. The van der Waals surface area contributed by atoms with Crippen LogP contribution in [0.4, 0.5) is 10.1 Å². The SMILES string of the molecule is O=C(Nc1cnn(Cc2ccccc2F)c1)c1ccc(COc2c(Cl)c(Cl)c(Cl)c(Cl)c2Cl)o1. The van der Waals surface area contributed by atoms with Crippen LogP contribution in [-0.4, -0.2) is 15.7 Å². The smallest absolute Gasteiger partial charge is 0.291 e. The van der Waals surface area contributed by atoms with Crippen molar-refractivity contribution < 1.29 is 18.3 Å². The zero-order valence-electron chi connectivity index (χ0n) is 16.9. The number of benzene rings is 2. The highest BCUT2D eigenvalue weighted by atomic mass is 35.5. The maximum Gasteiger partial charge on any atom is 0.291 e. The molecule has 0 atom stereocenters. The zero-order chi connectivity index (χ0) is 24.4. The first kappa shape index (κ1) is 24.7. The molecule has 6 nitrogen and oxygen atoms in total. The van der Waals surface area contributed by atoms with Gasteiger partial charge in [-0.15, -0.1) is 0 Å². The van der Waals surface area contributed by atoms with Gasteiger partial charge in [0.15, 0.2) is 11.5 Å². The summed E-state index contributed by atoms with van der Waals surface area (Å²) in [6, 6.07) is 9.41. The average molecular weight is 564 g/mol. The number of aromatic nitrogens is 2. The van der Waals surface area contributed by atoms with Crippen molar-refractivity contribution in [3.63, 3.8) is 0 Å². The molecule has 0 fully saturated rings. The van der Waals surface area contributed by atoms with Gasteiger partial charge in [-0.25, -0.2) is 4.39 Å². The van der Waals surface area contributed by atoms with Crippen molar-refractivity contribution in [1.82, 2.24) is 9.78 Å². The Kier molecular flexibility index (Phi) is 7.60. The Bertz CT molecular complexity index is 1340. The van der Waals surface area contributed by atoms with Crippen molar-refractivity contribution >= 4 is 69.6 Å². The first-order valence-corrected chi connectivity index (χ1v) is 11.4. The lowest BCUT2D eigenvalue weighted by molar-refractivity contribution is 0.0992. The van der Waals surface area contributed by atoms with Crippen molar-refractivity contribution in [2.75, 3.05) is 5.32 Å². The summed E-state index contributed by atoms with van der Waals surface area (Å²) >= 11 is 30.3. The fourth-order valence-corrected chi connectivity index (χ4v) is 4.17. The lowest BCUT2D eigenvalue weighted by Gasteiger charge is -2.12. The van der Waals surface area contributed by atoms with Gasteiger partial charge in [-0.2, -0.15) is 5.10 Å². The lowest BCUT2D eigenvalue weighted by Crippen LogP contribution is -2.10. The number of amides is 1. The maximum atomic E-state index is 13.8. The summed E-state index contributed by atoms with van der Waals surface area (Å²) in [6.07, 6.45) is 3.03. The molecule has 0 aliphatic carbocycles. The summed E-state index contributed by atoms with van der Waals surface area (Å²) < 4.78 is 26.4. The van der Waals surface area contributed by atoms with Gasteiger partial charge in [0.2, 0.25) is 0 Å². The molecular formula is C22H13Cl5FN3O3. The van der Waals surface area contributed by atoms with Crippen LogP contribution in [0.3, 0.4) is 0 Å². The summed E-state index contributed by atoms with van der Waals surface area (Å²) in [4.78, 5) is 12.5. The Morgan fingerprint density at radius 1 is 1.00 bits per heavy atom. The molecule has 176 valence electrons. The molecule has 0 aliphatic rings. The molecule has 0 unspecified atom stereocenters. The molecule has 34 heavy (non-hydrogen) atoms.